The van der Waals surface area contributed by atoms with Gasteiger partial charge in [-0.05, 0) is 121 Å². The number of fused-ring (bicyclic) bond motifs is 6. The summed E-state index contributed by atoms with van der Waals surface area (Å²) in [6.07, 6.45) is 0. The molecule has 0 aliphatic rings. The maximum Gasteiger partial charge on any atom is 0.179 e. The Hall–Kier alpha value is -8.76. The average Bonchev–Trinajstić information content (AvgIpc) is 3.95. The van der Waals surface area contributed by atoms with Crippen molar-refractivity contribution in [3.63, 3.8) is 0 Å². The third kappa shape index (κ3) is 6.78. The van der Waals surface area contributed by atoms with E-state index >= 15 is 0 Å². The molecule has 0 amide bonds. The number of hydrogen-bond donors (Lipinski definition) is 0. The topological polar surface area (TPSA) is 9.86 Å². The van der Waals surface area contributed by atoms with Crippen molar-refractivity contribution in [3.8, 4) is 44.8 Å². The van der Waals surface area contributed by atoms with Crippen LogP contribution >= 0.6 is 0 Å². The molecule has 11 aromatic carbocycles. The molecule has 0 saturated heterocycles. The number of aromatic nitrogens is 2. The predicted octanol–water partition coefficient (Wildman–Crippen LogP) is 14.3. The van der Waals surface area contributed by atoms with E-state index in [0.29, 0.717) is 0 Å². The van der Waals surface area contributed by atoms with Gasteiger partial charge in [0, 0.05) is 32.9 Å². The van der Waals surface area contributed by atoms with Gasteiger partial charge in [0.25, 0.3) is 0 Å². The van der Waals surface area contributed by atoms with Crippen LogP contribution in [0.1, 0.15) is 0 Å². The van der Waals surface area contributed by atoms with Gasteiger partial charge in [-0.25, -0.2) is 0 Å². The van der Waals surface area contributed by atoms with E-state index < -0.39 is 8.07 Å². The Labute approximate surface area is 403 Å². The van der Waals surface area contributed by atoms with Crippen molar-refractivity contribution in [1.82, 2.24) is 9.13 Å². The molecular formula is C66H46N2Si. The SMILES string of the molecule is c1ccc(-c2cccc(-c3ccc(-n4c5ccccc5c5cc(-c6ccc7c(c6)c6ccccc6n7-c6cccc([Si](c7ccccc7)(c7ccccc7)c7ccccc7)c6)ccc54)cc3)c2)cc1. The van der Waals surface area contributed by atoms with Crippen molar-refractivity contribution < 1.29 is 0 Å². The van der Waals surface area contributed by atoms with Crippen molar-refractivity contribution in [1.29, 1.82) is 0 Å². The molecule has 0 aliphatic heterocycles. The minimum Gasteiger partial charge on any atom is -0.309 e. The second-order valence-corrected chi connectivity index (χ2v) is 21.9. The van der Waals surface area contributed by atoms with Gasteiger partial charge in [0.2, 0.25) is 0 Å². The summed E-state index contributed by atoms with van der Waals surface area (Å²) in [6.45, 7) is 0. The normalized spacial score (nSPS) is 11.8. The monoisotopic (exact) mass is 894 g/mol. The highest BCUT2D eigenvalue weighted by Gasteiger charge is 2.41. The summed E-state index contributed by atoms with van der Waals surface area (Å²) in [7, 11) is -2.74. The minimum absolute atomic E-state index is 1.14. The van der Waals surface area contributed by atoms with Crippen LogP contribution in [0.15, 0.2) is 279 Å². The molecule has 0 N–H and O–H groups in total. The molecular weight excluding hydrogens is 849 g/mol. The molecule has 0 aliphatic carbocycles. The highest BCUT2D eigenvalue weighted by Crippen LogP contribution is 2.39. The molecule has 2 nitrogen and oxygen atoms in total. The largest absolute Gasteiger partial charge is 0.309 e. The summed E-state index contributed by atoms with van der Waals surface area (Å²) in [5.74, 6) is 0. The van der Waals surface area contributed by atoms with Crippen LogP contribution in [-0.2, 0) is 0 Å². The summed E-state index contributed by atoms with van der Waals surface area (Å²) in [5, 5.41) is 10.4. The van der Waals surface area contributed by atoms with Gasteiger partial charge in [0.1, 0.15) is 0 Å². The molecule has 13 rings (SSSR count). The summed E-state index contributed by atoms with van der Waals surface area (Å²) in [4.78, 5) is 0. The quantitative estimate of drug-likeness (QED) is 0.101. The molecule has 2 heterocycles. The van der Waals surface area contributed by atoms with Gasteiger partial charge in [0.15, 0.2) is 8.07 Å². The van der Waals surface area contributed by atoms with E-state index in [1.807, 2.05) is 0 Å². The van der Waals surface area contributed by atoms with Crippen LogP contribution in [0.2, 0.25) is 0 Å². The number of benzene rings is 11. The van der Waals surface area contributed by atoms with E-state index in [0.717, 1.165) is 11.4 Å². The summed E-state index contributed by atoms with van der Waals surface area (Å²) in [5.41, 5.74) is 14.3. The summed E-state index contributed by atoms with van der Waals surface area (Å²) < 4.78 is 4.88. The molecule has 0 unspecified atom stereocenters. The molecule has 13 aromatic rings. The predicted molar refractivity (Wildman–Crippen MR) is 295 cm³/mol. The van der Waals surface area contributed by atoms with Crippen molar-refractivity contribution in [2.45, 2.75) is 0 Å². The van der Waals surface area contributed by atoms with E-state index in [9.17, 15) is 0 Å². The lowest BCUT2D eigenvalue weighted by molar-refractivity contribution is 1.18. The van der Waals surface area contributed by atoms with Crippen LogP contribution in [0.5, 0.6) is 0 Å². The number of nitrogens with zero attached hydrogens (tertiary/aromatic N) is 2. The van der Waals surface area contributed by atoms with Crippen LogP contribution in [-0.4, -0.2) is 17.2 Å². The van der Waals surface area contributed by atoms with Crippen LogP contribution < -0.4 is 20.7 Å². The standard InChI is InChI=1S/C66H46N2Si/c1-5-19-47(20-6-1)49-21-17-22-50(43-49)48-35-39-53(40-36-48)67-63-33-15-13-31-59(63)61-44-51(37-41-65(61)67)52-38-42-66-62(45-52)60-32-14-16-34-64(60)68(66)54-23-18-30-58(46-54)69(55-24-7-2-8-25-55,56-26-9-3-10-27-56)57-28-11-4-12-29-57/h1-46H. The van der Waals surface area contributed by atoms with Gasteiger partial charge in [-0.1, -0.05) is 212 Å². The maximum atomic E-state index is 2.47. The van der Waals surface area contributed by atoms with E-state index in [4.69, 9.17) is 0 Å². The first-order valence-electron chi connectivity index (χ1n) is 23.8. The Morgan fingerprint density at radius 3 is 1.09 bits per heavy atom. The zero-order valence-corrected chi connectivity index (χ0v) is 39.0. The lowest BCUT2D eigenvalue weighted by Gasteiger charge is -2.34. The smallest absolute Gasteiger partial charge is 0.179 e. The van der Waals surface area contributed by atoms with E-state index in [-0.39, 0.29) is 0 Å². The number of para-hydroxylation sites is 2. The van der Waals surface area contributed by atoms with E-state index in [1.165, 1.54) is 97.7 Å². The van der Waals surface area contributed by atoms with Crippen molar-refractivity contribution in [2.75, 3.05) is 0 Å². The maximum absolute atomic E-state index is 2.74. The van der Waals surface area contributed by atoms with Gasteiger partial charge in [-0.2, -0.15) is 0 Å². The zero-order valence-electron chi connectivity index (χ0n) is 38.0. The van der Waals surface area contributed by atoms with Gasteiger partial charge in [0.05, 0.1) is 22.1 Å². The number of rotatable bonds is 9. The Kier molecular flexibility index (Phi) is 9.88. The van der Waals surface area contributed by atoms with E-state index in [1.54, 1.807) is 0 Å². The molecule has 0 atom stereocenters. The van der Waals surface area contributed by atoms with Crippen molar-refractivity contribution in [2.24, 2.45) is 0 Å². The molecule has 3 heteroatoms. The first-order chi connectivity index (χ1) is 34.2. The van der Waals surface area contributed by atoms with Crippen LogP contribution in [0.4, 0.5) is 0 Å². The van der Waals surface area contributed by atoms with Gasteiger partial charge < -0.3 is 9.13 Å². The molecule has 0 bridgehead atoms. The lowest BCUT2D eigenvalue weighted by Crippen LogP contribution is -2.74. The Bertz CT molecular complexity index is 3890. The molecule has 0 spiro atoms. The van der Waals surface area contributed by atoms with Crippen LogP contribution in [0, 0.1) is 0 Å². The summed E-state index contributed by atoms with van der Waals surface area (Å²) >= 11 is 0. The Morgan fingerprint density at radius 1 is 0.203 bits per heavy atom. The van der Waals surface area contributed by atoms with Crippen molar-refractivity contribution in [3.05, 3.63) is 279 Å². The molecule has 2 aromatic heterocycles. The third-order valence-corrected chi connectivity index (χ3v) is 19.0. The lowest BCUT2D eigenvalue weighted by atomic mass is 9.99. The van der Waals surface area contributed by atoms with Crippen LogP contribution in [0.3, 0.4) is 0 Å². The fraction of sp³-hybridized carbons (Fsp3) is 0. The van der Waals surface area contributed by atoms with E-state index in [2.05, 4.69) is 288 Å². The molecule has 0 saturated carbocycles. The fourth-order valence-corrected chi connectivity index (χ4v) is 15.9. The Balaban J connectivity index is 0.913. The summed E-state index contributed by atoms with van der Waals surface area (Å²) in [6, 6.07) is 103. The minimum atomic E-state index is -2.74. The van der Waals surface area contributed by atoms with Gasteiger partial charge in [-0.15, -0.1) is 0 Å². The highest BCUT2D eigenvalue weighted by molar-refractivity contribution is 7.19. The first-order valence-corrected chi connectivity index (χ1v) is 25.8. The third-order valence-electron chi connectivity index (χ3n) is 14.3. The molecule has 0 fully saturated rings. The molecule has 69 heavy (non-hydrogen) atoms. The van der Waals surface area contributed by atoms with Crippen molar-refractivity contribution >= 4 is 72.4 Å². The van der Waals surface area contributed by atoms with Gasteiger partial charge in [-0.3, -0.25) is 0 Å². The highest BCUT2D eigenvalue weighted by atomic mass is 28.3. The Morgan fingerprint density at radius 2 is 0.565 bits per heavy atom. The molecule has 324 valence electrons. The second-order valence-electron chi connectivity index (χ2n) is 18.1. The fourth-order valence-electron chi connectivity index (χ4n) is 11.1. The average molecular weight is 895 g/mol. The first kappa shape index (κ1) is 40.5. The second kappa shape index (κ2) is 16.8. The van der Waals surface area contributed by atoms with Gasteiger partial charge >= 0.3 is 0 Å². The van der Waals surface area contributed by atoms with Crippen LogP contribution in [0.25, 0.3) is 88.4 Å². The zero-order chi connectivity index (χ0) is 45.7. The number of hydrogen-bond acceptors (Lipinski definition) is 0. The molecule has 0 radical (unpaired) electrons.